The quantitative estimate of drug-likeness (QED) is 0.801. The van der Waals surface area contributed by atoms with Crippen LogP contribution in [-0.2, 0) is 9.59 Å². The third-order valence-corrected chi connectivity index (χ3v) is 5.09. The SMILES string of the molecule is CNC(=O)C1(C)CCN(C(=O)C2CCC(CN)CC2)C1. The molecule has 2 rings (SSSR count). The number of nitrogens with zero attached hydrogens (tertiary/aromatic N) is 1. The number of nitrogens with two attached hydrogens (primary N) is 1. The van der Waals surface area contributed by atoms with Crippen molar-refractivity contribution in [1.82, 2.24) is 10.2 Å². The fraction of sp³-hybridized carbons (Fsp3) is 0.867. The summed E-state index contributed by atoms with van der Waals surface area (Å²) in [5.41, 5.74) is 5.27. The highest BCUT2D eigenvalue weighted by molar-refractivity contribution is 5.85. The van der Waals surface area contributed by atoms with Gasteiger partial charge in [0.05, 0.1) is 5.41 Å². The van der Waals surface area contributed by atoms with Crippen molar-refractivity contribution in [3.8, 4) is 0 Å². The van der Waals surface area contributed by atoms with Gasteiger partial charge < -0.3 is 16.0 Å². The standard InChI is InChI=1S/C15H27N3O2/c1-15(14(20)17-2)7-8-18(10-15)13(19)12-5-3-11(9-16)4-6-12/h11-12H,3-10,16H2,1-2H3,(H,17,20). The summed E-state index contributed by atoms with van der Waals surface area (Å²) in [6.45, 7) is 3.95. The van der Waals surface area contributed by atoms with E-state index in [9.17, 15) is 9.59 Å². The molecule has 1 heterocycles. The normalized spacial score (nSPS) is 34.0. The molecule has 5 nitrogen and oxygen atoms in total. The van der Waals surface area contributed by atoms with E-state index < -0.39 is 5.41 Å². The van der Waals surface area contributed by atoms with Gasteiger partial charge in [0.1, 0.15) is 0 Å². The van der Waals surface area contributed by atoms with Crippen molar-refractivity contribution in [2.45, 2.75) is 39.0 Å². The second-order valence-corrected chi connectivity index (χ2v) is 6.60. The van der Waals surface area contributed by atoms with Crippen molar-refractivity contribution in [3.05, 3.63) is 0 Å². The van der Waals surface area contributed by atoms with Crippen LogP contribution >= 0.6 is 0 Å². The highest BCUT2D eigenvalue weighted by Gasteiger charge is 2.43. The van der Waals surface area contributed by atoms with E-state index in [1.54, 1.807) is 7.05 Å². The molecule has 5 heteroatoms. The number of carbonyl (C=O) groups excluding carboxylic acids is 2. The monoisotopic (exact) mass is 281 g/mol. The summed E-state index contributed by atoms with van der Waals surface area (Å²) >= 11 is 0. The Hall–Kier alpha value is -1.10. The summed E-state index contributed by atoms with van der Waals surface area (Å²) in [6.07, 6.45) is 4.79. The minimum absolute atomic E-state index is 0.0413. The first kappa shape index (κ1) is 15.3. The van der Waals surface area contributed by atoms with Crippen LogP contribution in [0.25, 0.3) is 0 Å². The zero-order valence-corrected chi connectivity index (χ0v) is 12.7. The van der Waals surface area contributed by atoms with Crippen LogP contribution in [0.3, 0.4) is 0 Å². The summed E-state index contributed by atoms with van der Waals surface area (Å²) in [4.78, 5) is 26.3. The summed E-state index contributed by atoms with van der Waals surface area (Å²) in [7, 11) is 1.66. The number of hydrogen-bond acceptors (Lipinski definition) is 3. The first-order chi connectivity index (χ1) is 9.50. The lowest BCUT2D eigenvalue weighted by atomic mass is 9.81. The van der Waals surface area contributed by atoms with Gasteiger partial charge in [-0.15, -0.1) is 0 Å². The first-order valence-electron chi connectivity index (χ1n) is 7.71. The van der Waals surface area contributed by atoms with E-state index in [-0.39, 0.29) is 17.7 Å². The van der Waals surface area contributed by atoms with Gasteiger partial charge >= 0.3 is 0 Å². The van der Waals surface area contributed by atoms with E-state index in [4.69, 9.17) is 5.73 Å². The van der Waals surface area contributed by atoms with Gasteiger partial charge in [0.2, 0.25) is 11.8 Å². The molecule has 1 unspecified atom stereocenters. The molecular formula is C15H27N3O2. The fourth-order valence-electron chi connectivity index (χ4n) is 3.54. The molecule has 114 valence electrons. The Morgan fingerprint density at radius 2 is 1.95 bits per heavy atom. The number of likely N-dealkylation sites (tertiary alicyclic amines) is 1. The Kier molecular flexibility index (Phi) is 4.68. The minimum atomic E-state index is -0.418. The van der Waals surface area contributed by atoms with Gasteiger partial charge in [-0.25, -0.2) is 0 Å². The molecule has 1 aliphatic heterocycles. The smallest absolute Gasteiger partial charge is 0.227 e. The van der Waals surface area contributed by atoms with Gasteiger partial charge in [0.25, 0.3) is 0 Å². The van der Waals surface area contributed by atoms with E-state index in [1.165, 1.54) is 0 Å². The molecule has 3 N–H and O–H groups in total. The average Bonchev–Trinajstić information content (AvgIpc) is 2.89. The summed E-state index contributed by atoms with van der Waals surface area (Å²) in [5, 5.41) is 2.71. The maximum atomic E-state index is 12.6. The number of carbonyl (C=O) groups is 2. The predicted molar refractivity (Wildman–Crippen MR) is 77.9 cm³/mol. The van der Waals surface area contributed by atoms with E-state index in [2.05, 4.69) is 5.32 Å². The zero-order valence-electron chi connectivity index (χ0n) is 12.7. The third-order valence-electron chi connectivity index (χ3n) is 5.09. The third kappa shape index (κ3) is 2.97. The van der Waals surface area contributed by atoms with Crippen molar-refractivity contribution < 1.29 is 9.59 Å². The molecule has 0 radical (unpaired) electrons. The van der Waals surface area contributed by atoms with E-state index >= 15 is 0 Å². The van der Waals surface area contributed by atoms with Gasteiger partial charge in [-0.05, 0) is 51.5 Å². The van der Waals surface area contributed by atoms with Gasteiger partial charge in [0.15, 0.2) is 0 Å². The number of hydrogen-bond donors (Lipinski definition) is 2. The van der Waals surface area contributed by atoms with E-state index in [0.717, 1.165) is 38.6 Å². The van der Waals surface area contributed by atoms with Crippen molar-refractivity contribution in [2.24, 2.45) is 23.0 Å². The van der Waals surface area contributed by atoms with Crippen LogP contribution in [0.2, 0.25) is 0 Å². The minimum Gasteiger partial charge on any atom is -0.359 e. The van der Waals surface area contributed by atoms with Crippen LogP contribution < -0.4 is 11.1 Å². The molecule has 20 heavy (non-hydrogen) atoms. The second-order valence-electron chi connectivity index (χ2n) is 6.60. The molecule has 0 spiro atoms. The van der Waals surface area contributed by atoms with Crippen LogP contribution in [0, 0.1) is 17.3 Å². The van der Waals surface area contributed by atoms with Gasteiger partial charge in [-0.2, -0.15) is 0 Å². The van der Waals surface area contributed by atoms with Gasteiger partial charge in [-0.1, -0.05) is 0 Å². The van der Waals surface area contributed by atoms with Gasteiger partial charge in [0, 0.05) is 26.1 Å². The number of amides is 2. The molecule has 2 fully saturated rings. The molecule has 0 aromatic carbocycles. The molecule has 0 aromatic heterocycles. The van der Waals surface area contributed by atoms with E-state index in [0.29, 0.717) is 19.0 Å². The van der Waals surface area contributed by atoms with Crippen molar-refractivity contribution in [2.75, 3.05) is 26.7 Å². The number of nitrogens with one attached hydrogen (secondary N) is 1. The van der Waals surface area contributed by atoms with Crippen LogP contribution in [0.5, 0.6) is 0 Å². The molecule has 1 atom stereocenters. The summed E-state index contributed by atoms with van der Waals surface area (Å²) in [5.74, 6) is 1.02. The lowest BCUT2D eigenvalue weighted by molar-refractivity contribution is -0.137. The lowest BCUT2D eigenvalue weighted by Crippen LogP contribution is -2.42. The van der Waals surface area contributed by atoms with Crippen molar-refractivity contribution in [1.29, 1.82) is 0 Å². The van der Waals surface area contributed by atoms with Crippen LogP contribution in [0.4, 0.5) is 0 Å². The topological polar surface area (TPSA) is 75.4 Å². The Labute approximate surface area is 121 Å². The molecule has 1 saturated heterocycles. The molecule has 2 aliphatic rings. The van der Waals surface area contributed by atoms with Crippen molar-refractivity contribution in [3.63, 3.8) is 0 Å². The number of rotatable bonds is 3. The molecule has 0 bridgehead atoms. The highest BCUT2D eigenvalue weighted by atomic mass is 16.2. The van der Waals surface area contributed by atoms with Crippen molar-refractivity contribution >= 4 is 11.8 Å². The molecule has 2 amide bonds. The molecular weight excluding hydrogens is 254 g/mol. The van der Waals surface area contributed by atoms with Gasteiger partial charge in [-0.3, -0.25) is 9.59 Å². The Morgan fingerprint density at radius 3 is 2.50 bits per heavy atom. The maximum Gasteiger partial charge on any atom is 0.227 e. The molecule has 1 aliphatic carbocycles. The lowest BCUT2D eigenvalue weighted by Gasteiger charge is -2.30. The highest BCUT2D eigenvalue weighted by Crippen LogP contribution is 2.34. The fourth-order valence-corrected chi connectivity index (χ4v) is 3.54. The average molecular weight is 281 g/mol. The summed E-state index contributed by atoms with van der Waals surface area (Å²) in [6, 6.07) is 0. The maximum absolute atomic E-state index is 12.6. The predicted octanol–water partition coefficient (Wildman–Crippen LogP) is 0.736. The Bertz CT molecular complexity index is 377. The molecule has 1 saturated carbocycles. The van der Waals surface area contributed by atoms with E-state index in [1.807, 2.05) is 11.8 Å². The summed E-state index contributed by atoms with van der Waals surface area (Å²) < 4.78 is 0. The largest absolute Gasteiger partial charge is 0.359 e. The Balaban J connectivity index is 1.90. The van der Waals surface area contributed by atoms with Crippen LogP contribution in [-0.4, -0.2) is 43.4 Å². The molecule has 0 aromatic rings. The first-order valence-corrected chi connectivity index (χ1v) is 7.71. The van der Waals surface area contributed by atoms with Crippen LogP contribution in [0.1, 0.15) is 39.0 Å². The second kappa shape index (κ2) is 6.12. The zero-order chi connectivity index (χ0) is 14.8. The Morgan fingerprint density at radius 1 is 1.30 bits per heavy atom. The van der Waals surface area contributed by atoms with Crippen LogP contribution in [0.15, 0.2) is 0 Å².